The molecule has 0 saturated carbocycles. The summed E-state index contributed by atoms with van der Waals surface area (Å²) in [7, 11) is 0. The number of hydrogen-bond acceptors (Lipinski definition) is 6. The molecule has 1 aliphatic carbocycles. The maximum atomic E-state index is 12.6. The number of aromatic nitrogens is 2. The monoisotopic (exact) mass is 438 g/mol. The molecule has 154 valence electrons. The number of aryl methyl sites for hydroxylation is 2. The van der Waals surface area contributed by atoms with E-state index in [-0.39, 0.29) is 11.8 Å². The molecule has 0 radical (unpaired) electrons. The maximum Gasteiger partial charge on any atom is 0.234 e. The average Bonchev–Trinajstić information content (AvgIpc) is 3.33. The van der Waals surface area contributed by atoms with Gasteiger partial charge in [0.2, 0.25) is 11.8 Å². The highest BCUT2D eigenvalue weighted by molar-refractivity contribution is 8.00. The highest BCUT2D eigenvalue weighted by Gasteiger charge is 2.23. The number of amides is 2. The molecule has 3 heterocycles. The van der Waals surface area contributed by atoms with E-state index >= 15 is 0 Å². The number of benzene rings is 1. The summed E-state index contributed by atoms with van der Waals surface area (Å²) in [5.41, 5.74) is 4.20. The summed E-state index contributed by atoms with van der Waals surface area (Å²) in [5.74, 6) is 0.291. The maximum absolute atomic E-state index is 12.6. The lowest BCUT2D eigenvalue weighted by Gasteiger charge is -2.15. The van der Waals surface area contributed by atoms with Crippen LogP contribution in [0.2, 0.25) is 0 Å². The highest BCUT2D eigenvalue weighted by atomic mass is 32.2. The number of nitrogens with zero attached hydrogens (tertiary/aromatic N) is 3. The van der Waals surface area contributed by atoms with Gasteiger partial charge in [0.25, 0.3) is 0 Å². The molecule has 1 aromatic carbocycles. The van der Waals surface area contributed by atoms with Gasteiger partial charge in [-0.2, -0.15) is 0 Å². The van der Waals surface area contributed by atoms with E-state index < -0.39 is 0 Å². The van der Waals surface area contributed by atoms with Crippen LogP contribution in [0, 0.1) is 0 Å². The zero-order valence-corrected chi connectivity index (χ0v) is 18.4. The van der Waals surface area contributed by atoms with Gasteiger partial charge in [0.15, 0.2) is 0 Å². The average molecular weight is 439 g/mol. The number of rotatable bonds is 4. The molecule has 0 spiro atoms. The van der Waals surface area contributed by atoms with E-state index in [0.717, 1.165) is 51.4 Å². The van der Waals surface area contributed by atoms with Gasteiger partial charge in [0, 0.05) is 35.1 Å². The third-order valence-corrected chi connectivity index (χ3v) is 7.88. The van der Waals surface area contributed by atoms with Gasteiger partial charge in [0.05, 0.1) is 5.75 Å². The van der Waals surface area contributed by atoms with Crippen molar-refractivity contribution in [1.82, 2.24) is 9.97 Å². The van der Waals surface area contributed by atoms with Crippen LogP contribution in [0.25, 0.3) is 10.2 Å². The predicted molar refractivity (Wildman–Crippen MR) is 122 cm³/mol. The number of fused-ring (bicyclic) bond motifs is 4. The number of carbonyl (C=O) groups is 2. The summed E-state index contributed by atoms with van der Waals surface area (Å²) in [4.78, 5) is 37.5. The summed E-state index contributed by atoms with van der Waals surface area (Å²) < 4.78 is 0. The number of thiophene rings is 1. The Morgan fingerprint density at radius 1 is 1.20 bits per heavy atom. The van der Waals surface area contributed by atoms with Crippen molar-refractivity contribution in [2.45, 2.75) is 44.1 Å². The fourth-order valence-corrected chi connectivity index (χ4v) is 6.43. The fraction of sp³-hybridized carbons (Fsp3) is 0.364. The molecule has 2 aromatic heterocycles. The van der Waals surface area contributed by atoms with Gasteiger partial charge in [-0.05, 0) is 61.4 Å². The second-order valence-corrected chi connectivity index (χ2v) is 9.72. The van der Waals surface area contributed by atoms with Crippen LogP contribution in [0.5, 0.6) is 0 Å². The van der Waals surface area contributed by atoms with Gasteiger partial charge in [0.1, 0.15) is 16.2 Å². The molecule has 8 heteroatoms. The van der Waals surface area contributed by atoms with Crippen LogP contribution in [-0.4, -0.2) is 34.1 Å². The third kappa shape index (κ3) is 3.58. The first-order chi connectivity index (χ1) is 14.6. The molecule has 0 saturated heterocycles. The molecular formula is C22H22N4O2S2. The Hall–Kier alpha value is -2.45. The summed E-state index contributed by atoms with van der Waals surface area (Å²) in [6, 6.07) is 5.75. The van der Waals surface area contributed by atoms with Crippen molar-refractivity contribution in [3.05, 3.63) is 40.5 Å². The van der Waals surface area contributed by atoms with Gasteiger partial charge in [-0.15, -0.1) is 11.3 Å². The third-order valence-electron chi connectivity index (χ3n) is 5.70. The minimum atomic E-state index is -0.0581. The molecule has 30 heavy (non-hydrogen) atoms. The zero-order valence-electron chi connectivity index (χ0n) is 16.7. The van der Waals surface area contributed by atoms with Crippen LogP contribution in [0.4, 0.5) is 11.4 Å². The van der Waals surface area contributed by atoms with E-state index in [9.17, 15) is 9.59 Å². The van der Waals surface area contributed by atoms with Crippen LogP contribution >= 0.6 is 23.1 Å². The molecule has 0 unspecified atom stereocenters. The van der Waals surface area contributed by atoms with Crippen molar-refractivity contribution >= 4 is 56.5 Å². The number of nitrogens with one attached hydrogen (secondary N) is 1. The molecule has 0 bridgehead atoms. The second kappa shape index (κ2) is 8.00. The second-order valence-electron chi connectivity index (χ2n) is 7.67. The first-order valence-corrected chi connectivity index (χ1v) is 12.0. The molecule has 5 rings (SSSR count). The van der Waals surface area contributed by atoms with E-state index in [0.29, 0.717) is 12.3 Å². The fourth-order valence-electron chi connectivity index (χ4n) is 4.31. The zero-order chi connectivity index (χ0) is 20.7. The normalized spacial score (nSPS) is 15.2. The summed E-state index contributed by atoms with van der Waals surface area (Å²) in [5, 5.41) is 5.04. The summed E-state index contributed by atoms with van der Waals surface area (Å²) >= 11 is 3.25. The van der Waals surface area contributed by atoms with Crippen molar-refractivity contribution in [3.8, 4) is 0 Å². The van der Waals surface area contributed by atoms with Crippen molar-refractivity contribution in [3.63, 3.8) is 0 Å². The van der Waals surface area contributed by atoms with Crippen molar-refractivity contribution in [2.24, 2.45) is 0 Å². The van der Waals surface area contributed by atoms with Gasteiger partial charge in [-0.1, -0.05) is 11.8 Å². The number of carbonyl (C=O) groups excluding carboxylic acids is 2. The highest BCUT2D eigenvalue weighted by Crippen LogP contribution is 2.39. The summed E-state index contributed by atoms with van der Waals surface area (Å²) in [6.07, 6.45) is 7.07. The topological polar surface area (TPSA) is 75.2 Å². The molecular weight excluding hydrogens is 416 g/mol. The van der Waals surface area contributed by atoms with Crippen molar-refractivity contribution in [1.29, 1.82) is 0 Å². The molecule has 1 aliphatic heterocycles. The Bertz CT molecular complexity index is 1160. The van der Waals surface area contributed by atoms with E-state index in [1.54, 1.807) is 29.5 Å². The van der Waals surface area contributed by atoms with Crippen LogP contribution in [-0.2, 0) is 28.9 Å². The van der Waals surface area contributed by atoms with Gasteiger partial charge in [-0.25, -0.2) is 9.97 Å². The first-order valence-electron chi connectivity index (χ1n) is 10.2. The molecule has 6 nitrogen and oxygen atoms in total. The largest absolute Gasteiger partial charge is 0.325 e. The Kier molecular flexibility index (Phi) is 5.20. The van der Waals surface area contributed by atoms with E-state index in [1.165, 1.54) is 35.0 Å². The first kappa shape index (κ1) is 19.5. The molecule has 1 N–H and O–H groups in total. The van der Waals surface area contributed by atoms with E-state index in [1.807, 2.05) is 18.2 Å². The SMILES string of the molecule is CC(=O)N1CCc2cc(NC(=O)CSc3ncnc4sc5c(c34)CCCC5)ccc21. The smallest absolute Gasteiger partial charge is 0.234 e. The van der Waals surface area contributed by atoms with Gasteiger partial charge < -0.3 is 10.2 Å². The van der Waals surface area contributed by atoms with Gasteiger partial charge >= 0.3 is 0 Å². The Morgan fingerprint density at radius 3 is 2.93 bits per heavy atom. The molecule has 0 fully saturated rings. The molecule has 2 aliphatic rings. The number of anilines is 2. The van der Waals surface area contributed by atoms with Crippen LogP contribution in [0.15, 0.2) is 29.6 Å². The van der Waals surface area contributed by atoms with Crippen LogP contribution in [0.1, 0.15) is 35.8 Å². The standard InChI is InChI=1S/C22H22N4O2S2/c1-13(27)26-9-8-14-10-15(6-7-17(14)26)25-19(28)11-29-21-20-16-4-2-3-5-18(16)30-22(20)24-12-23-21/h6-7,10,12H,2-5,8-9,11H2,1H3,(H,25,28). The Balaban J connectivity index is 1.28. The van der Waals surface area contributed by atoms with E-state index in [4.69, 9.17) is 0 Å². The lowest BCUT2D eigenvalue weighted by molar-refractivity contribution is -0.116. The minimum Gasteiger partial charge on any atom is -0.325 e. The summed E-state index contributed by atoms with van der Waals surface area (Å²) in [6.45, 7) is 2.28. The van der Waals surface area contributed by atoms with Crippen LogP contribution in [0.3, 0.4) is 0 Å². The van der Waals surface area contributed by atoms with Crippen molar-refractivity contribution in [2.75, 3.05) is 22.5 Å². The molecule has 3 aromatic rings. The Morgan fingerprint density at radius 2 is 2.07 bits per heavy atom. The van der Waals surface area contributed by atoms with Gasteiger partial charge in [-0.3, -0.25) is 9.59 Å². The van der Waals surface area contributed by atoms with Crippen molar-refractivity contribution < 1.29 is 9.59 Å². The quantitative estimate of drug-likeness (QED) is 0.488. The van der Waals surface area contributed by atoms with Crippen LogP contribution < -0.4 is 10.2 Å². The number of hydrogen-bond donors (Lipinski definition) is 1. The molecule has 2 amide bonds. The Labute approximate surface area is 183 Å². The lowest BCUT2D eigenvalue weighted by atomic mass is 9.97. The lowest BCUT2D eigenvalue weighted by Crippen LogP contribution is -2.25. The molecule has 0 atom stereocenters. The predicted octanol–water partition coefficient (Wildman–Crippen LogP) is 4.21. The number of thioether (sulfide) groups is 1. The van der Waals surface area contributed by atoms with E-state index in [2.05, 4.69) is 15.3 Å². The minimum absolute atomic E-state index is 0.0497.